The molecular weight excluding hydrogens is 456 g/mol. The average molecular weight is 485 g/mol. The molecule has 3 aromatic rings. The number of amides is 1. The van der Waals surface area contributed by atoms with E-state index >= 15 is 0 Å². The number of nitrogens with one attached hydrogen (secondary N) is 2. The van der Waals surface area contributed by atoms with E-state index in [1.165, 1.54) is 12.1 Å². The fourth-order valence-electron chi connectivity index (χ4n) is 4.83. The first-order valence-corrected chi connectivity index (χ1v) is 13.1. The molecule has 2 N–H and O–H groups in total. The molecule has 0 unspecified atom stereocenters. The molecule has 0 bridgehead atoms. The molecule has 0 saturated carbocycles. The van der Waals surface area contributed by atoms with E-state index in [0.717, 1.165) is 23.9 Å². The lowest BCUT2D eigenvalue weighted by atomic mass is 10.0. The molecular formula is C24H28N4O5S. The fraction of sp³-hybridized carbons (Fsp3) is 0.417. The number of benzene rings is 2. The number of hydrogen-bond donors (Lipinski definition) is 2. The predicted octanol–water partition coefficient (Wildman–Crippen LogP) is 2.26. The van der Waals surface area contributed by atoms with Gasteiger partial charge < -0.3 is 14.6 Å². The molecule has 2 aliphatic rings. The van der Waals surface area contributed by atoms with Crippen LogP contribution in [0.3, 0.4) is 0 Å². The number of aromatic amines is 1. The minimum absolute atomic E-state index is 0.00131. The number of carbonyl (C=O) groups excluding carboxylic acids is 1. The van der Waals surface area contributed by atoms with Crippen LogP contribution in [-0.4, -0.2) is 61.1 Å². The number of piperidine rings is 1. The Morgan fingerprint density at radius 2 is 1.88 bits per heavy atom. The Bertz CT molecular complexity index is 1350. The third-order valence-electron chi connectivity index (χ3n) is 6.66. The molecule has 0 spiro atoms. The van der Waals surface area contributed by atoms with E-state index in [2.05, 4.69) is 9.71 Å². The maximum absolute atomic E-state index is 13.1. The third kappa shape index (κ3) is 4.53. The van der Waals surface area contributed by atoms with Gasteiger partial charge in [-0.3, -0.25) is 9.36 Å². The largest absolute Gasteiger partial charge is 0.377 e. The molecule has 0 aliphatic carbocycles. The Balaban J connectivity index is 1.26. The number of rotatable bonds is 6. The van der Waals surface area contributed by atoms with E-state index in [9.17, 15) is 18.0 Å². The summed E-state index contributed by atoms with van der Waals surface area (Å²) >= 11 is 0. The van der Waals surface area contributed by atoms with Gasteiger partial charge in [0.25, 0.3) is 5.91 Å². The van der Waals surface area contributed by atoms with Gasteiger partial charge in [-0.15, -0.1) is 0 Å². The molecule has 9 nitrogen and oxygen atoms in total. The first-order valence-electron chi connectivity index (χ1n) is 11.6. The van der Waals surface area contributed by atoms with Crippen molar-refractivity contribution in [2.75, 3.05) is 26.2 Å². The molecule has 0 radical (unpaired) electrons. The van der Waals surface area contributed by atoms with Gasteiger partial charge in [0, 0.05) is 37.8 Å². The van der Waals surface area contributed by atoms with Gasteiger partial charge in [0.15, 0.2) is 0 Å². The van der Waals surface area contributed by atoms with Crippen molar-refractivity contribution >= 4 is 27.0 Å². The monoisotopic (exact) mass is 484 g/mol. The second-order valence-electron chi connectivity index (χ2n) is 8.86. The van der Waals surface area contributed by atoms with E-state index in [0.29, 0.717) is 38.1 Å². The van der Waals surface area contributed by atoms with Gasteiger partial charge in [-0.2, -0.15) is 0 Å². The molecule has 5 rings (SSSR count). The van der Waals surface area contributed by atoms with Gasteiger partial charge in [-0.25, -0.2) is 17.9 Å². The van der Waals surface area contributed by atoms with Crippen LogP contribution in [0.4, 0.5) is 0 Å². The lowest BCUT2D eigenvalue weighted by Gasteiger charge is -2.32. The van der Waals surface area contributed by atoms with Gasteiger partial charge in [0.2, 0.25) is 10.0 Å². The summed E-state index contributed by atoms with van der Waals surface area (Å²) in [6.45, 7) is 1.86. The maximum atomic E-state index is 13.1. The zero-order chi connectivity index (χ0) is 23.7. The molecule has 1 aromatic heterocycles. The molecule has 1 amide bonds. The van der Waals surface area contributed by atoms with Crippen LogP contribution in [0.5, 0.6) is 0 Å². The number of H-pyrrole nitrogens is 1. The standard InChI is InChI=1S/C24H28N4O5S/c29-23(17-5-3-7-20(15-17)34(31,32)25-16-19-6-4-14-33-19)27-12-10-18(11-13-27)28-22-9-2-1-8-21(22)26-24(28)30/h1-3,5,7-9,15,18-19,25H,4,6,10-14,16H2,(H,26,30)/t19-/m1/s1. The first-order chi connectivity index (χ1) is 16.4. The molecule has 34 heavy (non-hydrogen) atoms. The summed E-state index contributed by atoms with van der Waals surface area (Å²) in [6.07, 6.45) is 2.96. The Hall–Kier alpha value is -2.95. The molecule has 2 saturated heterocycles. The summed E-state index contributed by atoms with van der Waals surface area (Å²) in [7, 11) is -3.74. The summed E-state index contributed by atoms with van der Waals surface area (Å²) in [6, 6.07) is 13.7. The minimum Gasteiger partial charge on any atom is -0.377 e. The van der Waals surface area contributed by atoms with Crippen LogP contribution in [0.2, 0.25) is 0 Å². The smallest absolute Gasteiger partial charge is 0.326 e. The number of imidazole rings is 1. The molecule has 2 aliphatic heterocycles. The van der Waals surface area contributed by atoms with E-state index in [-0.39, 0.29) is 35.2 Å². The first kappa shape index (κ1) is 22.8. The van der Waals surface area contributed by atoms with Crippen molar-refractivity contribution in [3.63, 3.8) is 0 Å². The molecule has 180 valence electrons. The molecule has 2 aromatic carbocycles. The van der Waals surface area contributed by atoms with Gasteiger partial charge in [-0.1, -0.05) is 18.2 Å². The zero-order valence-corrected chi connectivity index (χ0v) is 19.6. The second kappa shape index (κ2) is 9.36. The van der Waals surface area contributed by atoms with E-state index in [1.807, 2.05) is 24.3 Å². The van der Waals surface area contributed by atoms with E-state index < -0.39 is 10.0 Å². The van der Waals surface area contributed by atoms with Crippen LogP contribution < -0.4 is 10.4 Å². The number of hydrogen-bond acceptors (Lipinski definition) is 5. The lowest BCUT2D eigenvalue weighted by molar-refractivity contribution is 0.0694. The fourth-order valence-corrected chi connectivity index (χ4v) is 5.95. The quantitative estimate of drug-likeness (QED) is 0.557. The third-order valence-corrected chi connectivity index (χ3v) is 8.08. The highest BCUT2D eigenvalue weighted by Gasteiger charge is 2.27. The molecule has 2 fully saturated rings. The number of fused-ring (bicyclic) bond motifs is 1. The Kier molecular flexibility index (Phi) is 6.28. The van der Waals surface area contributed by atoms with Crippen LogP contribution in [-0.2, 0) is 14.8 Å². The summed E-state index contributed by atoms with van der Waals surface area (Å²) in [5.41, 5.74) is 1.87. The number of likely N-dealkylation sites (tertiary alicyclic amines) is 1. The normalized spacial score (nSPS) is 19.6. The van der Waals surface area contributed by atoms with Crippen molar-refractivity contribution in [1.82, 2.24) is 19.2 Å². The number of carbonyl (C=O) groups is 1. The van der Waals surface area contributed by atoms with E-state index in [1.54, 1.807) is 21.6 Å². The van der Waals surface area contributed by atoms with Gasteiger partial charge in [-0.05, 0) is 56.0 Å². The summed E-state index contributed by atoms with van der Waals surface area (Å²) in [5, 5.41) is 0. The summed E-state index contributed by atoms with van der Waals surface area (Å²) in [5.74, 6) is -0.208. The lowest BCUT2D eigenvalue weighted by Crippen LogP contribution is -2.40. The maximum Gasteiger partial charge on any atom is 0.326 e. The summed E-state index contributed by atoms with van der Waals surface area (Å²) < 4.78 is 35.3. The predicted molar refractivity (Wildman–Crippen MR) is 127 cm³/mol. The second-order valence-corrected chi connectivity index (χ2v) is 10.6. The van der Waals surface area contributed by atoms with Gasteiger partial charge in [0.1, 0.15) is 0 Å². The van der Waals surface area contributed by atoms with Gasteiger partial charge in [0.05, 0.1) is 22.0 Å². The zero-order valence-electron chi connectivity index (χ0n) is 18.8. The van der Waals surface area contributed by atoms with Crippen molar-refractivity contribution in [2.24, 2.45) is 0 Å². The SMILES string of the molecule is O=C(c1cccc(S(=O)(=O)NC[C@H]2CCCO2)c1)N1CCC(n2c(=O)[nH]c3ccccc32)CC1. The highest BCUT2D eigenvalue weighted by molar-refractivity contribution is 7.89. The highest BCUT2D eigenvalue weighted by atomic mass is 32.2. The summed E-state index contributed by atoms with van der Waals surface area (Å²) in [4.78, 5) is 30.3. The van der Waals surface area contributed by atoms with Crippen LogP contribution in [0.25, 0.3) is 11.0 Å². The van der Waals surface area contributed by atoms with Gasteiger partial charge >= 0.3 is 5.69 Å². The molecule has 10 heteroatoms. The number of nitrogens with zero attached hydrogens (tertiary/aromatic N) is 2. The Labute approximate surface area is 197 Å². The number of ether oxygens (including phenoxy) is 1. The van der Waals surface area contributed by atoms with Crippen LogP contribution in [0.1, 0.15) is 42.1 Å². The molecule has 1 atom stereocenters. The topological polar surface area (TPSA) is 113 Å². The van der Waals surface area contributed by atoms with Crippen molar-refractivity contribution in [3.8, 4) is 0 Å². The number of sulfonamides is 1. The van der Waals surface area contributed by atoms with Crippen molar-refractivity contribution in [3.05, 3.63) is 64.6 Å². The van der Waals surface area contributed by atoms with Crippen molar-refractivity contribution < 1.29 is 17.9 Å². The van der Waals surface area contributed by atoms with Crippen molar-refractivity contribution in [2.45, 2.75) is 42.7 Å². The number of aromatic nitrogens is 2. The van der Waals surface area contributed by atoms with E-state index in [4.69, 9.17) is 4.74 Å². The Morgan fingerprint density at radius 3 is 2.65 bits per heavy atom. The van der Waals surface area contributed by atoms with Crippen LogP contribution in [0, 0.1) is 0 Å². The minimum atomic E-state index is -3.74. The molecule has 3 heterocycles. The van der Waals surface area contributed by atoms with Crippen LogP contribution >= 0.6 is 0 Å². The highest BCUT2D eigenvalue weighted by Crippen LogP contribution is 2.26. The Morgan fingerprint density at radius 1 is 1.09 bits per heavy atom. The van der Waals surface area contributed by atoms with Crippen molar-refractivity contribution in [1.29, 1.82) is 0 Å². The average Bonchev–Trinajstić information content (AvgIpc) is 3.49. The number of para-hydroxylation sites is 2. The van der Waals surface area contributed by atoms with Crippen LogP contribution in [0.15, 0.2) is 58.2 Å².